The molecule has 0 spiro atoms. The number of rotatable bonds is 14. The minimum atomic E-state index is -0.303. The Hall–Kier alpha value is -0.990. The van der Waals surface area contributed by atoms with E-state index in [2.05, 4.69) is 18.8 Å². The van der Waals surface area contributed by atoms with E-state index in [9.17, 15) is 4.79 Å². The zero-order chi connectivity index (χ0) is 14.9. The van der Waals surface area contributed by atoms with Gasteiger partial charge in [-0.1, -0.05) is 70.8 Å². The third-order valence-electron chi connectivity index (χ3n) is 3.35. The van der Waals surface area contributed by atoms with Crippen molar-refractivity contribution < 1.29 is 9.53 Å². The highest BCUT2D eigenvalue weighted by atomic mass is 16.5. The second-order valence-corrected chi connectivity index (χ2v) is 5.32. The highest BCUT2D eigenvalue weighted by Crippen LogP contribution is 2.10. The van der Waals surface area contributed by atoms with Crippen molar-refractivity contribution in [3.8, 4) is 0 Å². The molecule has 0 aromatic carbocycles. The Bertz CT molecular complexity index is 229. The van der Waals surface area contributed by atoms with Crippen LogP contribution in [0.1, 0.15) is 77.6 Å². The van der Waals surface area contributed by atoms with Gasteiger partial charge in [-0.25, -0.2) is 4.79 Å². The molecule has 0 unspecified atom stereocenters. The second kappa shape index (κ2) is 16.1. The molecule has 20 heavy (non-hydrogen) atoms. The molecule has 1 amide bonds. The number of amides is 1. The molecule has 0 radical (unpaired) electrons. The summed E-state index contributed by atoms with van der Waals surface area (Å²) in [5.74, 6) is 0. The van der Waals surface area contributed by atoms with E-state index >= 15 is 0 Å². The maximum absolute atomic E-state index is 11.2. The van der Waals surface area contributed by atoms with Gasteiger partial charge in [0.1, 0.15) is 0 Å². The normalized spacial score (nSPS) is 10.2. The Morgan fingerprint density at radius 1 is 1.00 bits per heavy atom. The van der Waals surface area contributed by atoms with E-state index in [1.807, 2.05) is 0 Å². The lowest BCUT2D eigenvalue weighted by Gasteiger charge is -2.06. The van der Waals surface area contributed by atoms with Gasteiger partial charge in [-0.05, 0) is 12.8 Å². The fourth-order valence-corrected chi connectivity index (χ4v) is 2.09. The quantitative estimate of drug-likeness (QED) is 0.351. The fraction of sp³-hybridized carbons (Fsp3) is 0.824. The maximum Gasteiger partial charge on any atom is 0.407 e. The van der Waals surface area contributed by atoms with E-state index in [-0.39, 0.29) is 6.09 Å². The topological polar surface area (TPSA) is 38.3 Å². The molecular formula is C17H33NO2. The van der Waals surface area contributed by atoms with Crippen LogP contribution in [0.15, 0.2) is 12.7 Å². The summed E-state index contributed by atoms with van der Waals surface area (Å²) in [6.45, 7) is 6.98. The average molecular weight is 283 g/mol. The molecule has 0 aliphatic rings. The Morgan fingerprint density at radius 3 is 2.10 bits per heavy atom. The predicted octanol–water partition coefficient (Wildman–Crippen LogP) is 5.21. The van der Waals surface area contributed by atoms with Crippen LogP contribution >= 0.6 is 0 Å². The molecule has 0 fully saturated rings. The van der Waals surface area contributed by atoms with Gasteiger partial charge in [0.05, 0.1) is 6.61 Å². The lowest BCUT2D eigenvalue weighted by Crippen LogP contribution is -2.25. The molecule has 0 aliphatic heterocycles. The first-order chi connectivity index (χ1) is 9.81. The third kappa shape index (κ3) is 15.1. The van der Waals surface area contributed by atoms with Crippen molar-refractivity contribution >= 4 is 6.09 Å². The second-order valence-electron chi connectivity index (χ2n) is 5.32. The molecule has 3 heteroatoms. The number of hydrogen-bond donors (Lipinski definition) is 1. The van der Waals surface area contributed by atoms with Gasteiger partial charge in [-0.2, -0.15) is 0 Å². The van der Waals surface area contributed by atoms with Gasteiger partial charge in [0.2, 0.25) is 0 Å². The van der Waals surface area contributed by atoms with E-state index in [1.54, 1.807) is 6.08 Å². The highest BCUT2D eigenvalue weighted by molar-refractivity contribution is 5.66. The van der Waals surface area contributed by atoms with E-state index in [1.165, 1.54) is 57.8 Å². The number of carbonyl (C=O) groups excluding carboxylic acids is 1. The summed E-state index contributed by atoms with van der Waals surface area (Å²) in [6.07, 6.45) is 15.3. The van der Waals surface area contributed by atoms with Crippen LogP contribution in [-0.2, 0) is 4.74 Å². The minimum absolute atomic E-state index is 0.303. The van der Waals surface area contributed by atoms with E-state index < -0.39 is 0 Å². The van der Waals surface area contributed by atoms with Crippen molar-refractivity contribution in [3.05, 3.63) is 12.7 Å². The molecule has 0 bridgehead atoms. The molecule has 0 rings (SSSR count). The Kier molecular flexibility index (Phi) is 15.3. The molecule has 0 aliphatic carbocycles. The highest BCUT2D eigenvalue weighted by Gasteiger charge is 1.99. The van der Waals surface area contributed by atoms with Crippen molar-refractivity contribution in [2.75, 3.05) is 13.2 Å². The van der Waals surface area contributed by atoms with Gasteiger partial charge >= 0.3 is 6.09 Å². The summed E-state index contributed by atoms with van der Waals surface area (Å²) in [7, 11) is 0. The lowest BCUT2D eigenvalue weighted by molar-refractivity contribution is 0.148. The monoisotopic (exact) mass is 283 g/mol. The molecule has 3 nitrogen and oxygen atoms in total. The van der Waals surface area contributed by atoms with Crippen LogP contribution in [0.4, 0.5) is 4.79 Å². The Labute approximate surface area is 125 Å². The summed E-state index contributed by atoms with van der Waals surface area (Å²) in [4.78, 5) is 11.2. The first-order valence-corrected chi connectivity index (χ1v) is 8.32. The van der Waals surface area contributed by atoms with Crippen molar-refractivity contribution in [2.45, 2.75) is 77.6 Å². The number of ether oxygens (including phenoxy) is 1. The van der Waals surface area contributed by atoms with E-state index in [4.69, 9.17) is 4.74 Å². The molecule has 0 heterocycles. The molecule has 1 N–H and O–H groups in total. The van der Waals surface area contributed by atoms with E-state index in [0.717, 1.165) is 13.0 Å². The zero-order valence-electron chi connectivity index (χ0n) is 13.3. The molecule has 0 saturated heterocycles. The maximum atomic E-state index is 11.2. The van der Waals surface area contributed by atoms with Crippen molar-refractivity contribution in [1.82, 2.24) is 5.32 Å². The van der Waals surface area contributed by atoms with Gasteiger partial charge in [-0.15, -0.1) is 6.58 Å². The molecule has 0 saturated carbocycles. The van der Waals surface area contributed by atoms with E-state index in [0.29, 0.717) is 13.0 Å². The van der Waals surface area contributed by atoms with Crippen LogP contribution in [0.5, 0.6) is 0 Å². The summed E-state index contributed by atoms with van der Waals surface area (Å²) in [5, 5.41) is 2.77. The SMILES string of the molecule is C=CCCOC(=O)NCCCCCCCCCCCC. The van der Waals surface area contributed by atoms with Crippen LogP contribution in [0.2, 0.25) is 0 Å². The first kappa shape index (κ1) is 19.0. The van der Waals surface area contributed by atoms with Crippen LogP contribution < -0.4 is 5.32 Å². The van der Waals surface area contributed by atoms with Gasteiger partial charge in [0, 0.05) is 6.54 Å². The van der Waals surface area contributed by atoms with Gasteiger partial charge in [0.25, 0.3) is 0 Å². The molecule has 0 aromatic heterocycles. The van der Waals surface area contributed by atoms with Crippen LogP contribution in [-0.4, -0.2) is 19.2 Å². The van der Waals surface area contributed by atoms with Crippen molar-refractivity contribution in [2.24, 2.45) is 0 Å². The molecule has 0 aromatic rings. The summed E-state index contributed by atoms with van der Waals surface area (Å²) in [6, 6.07) is 0. The van der Waals surface area contributed by atoms with Crippen LogP contribution in [0.3, 0.4) is 0 Å². The number of alkyl carbamates (subject to hydrolysis) is 1. The number of nitrogens with one attached hydrogen (secondary N) is 1. The summed E-state index contributed by atoms with van der Waals surface area (Å²) in [5.41, 5.74) is 0. The fourth-order valence-electron chi connectivity index (χ4n) is 2.09. The number of carbonyl (C=O) groups is 1. The zero-order valence-corrected chi connectivity index (χ0v) is 13.3. The van der Waals surface area contributed by atoms with Gasteiger partial charge in [0.15, 0.2) is 0 Å². The number of hydrogen-bond acceptors (Lipinski definition) is 2. The van der Waals surface area contributed by atoms with Gasteiger partial charge in [-0.3, -0.25) is 0 Å². The van der Waals surface area contributed by atoms with Crippen molar-refractivity contribution in [3.63, 3.8) is 0 Å². The predicted molar refractivity (Wildman–Crippen MR) is 86.0 cm³/mol. The third-order valence-corrected chi connectivity index (χ3v) is 3.35. The minimum Gasteiger partial charge on any atom is -0.449 e. The summed E-state index contributed by atoms with van der Waals surface area (Å²) < 4.78 is 4.95. The Balaban J connectivity index is 3.08. The summed E-state index contributed by atoms with van der Waals surface area (Å²) >= 11 is 0. The van der Waals surface area contributed by atoms with Crippen LogP contribution in [0.25, 0.3) is 0 Å². The Morgan fingerprint density at radius 2 is 1.55 bits per heavy atom. The van der Waals surface area contributed by atoms with Crippen molar-refractivity contribution in [1.29, 1.82) is 0 Å². The van der Waals surface area contributed by atoms with Gasteiger partial charge < -0.3 is 10.1 Å². The lowest BCUT2D eigenvalue weighted by atomic mass is 10.1. The average Bonchev–Trinajstić information content (AvgIpc) is 2.45. The molecule has 118 valence electrons. The van der Waals surface area contributed by atoms with Crippen LogP contribution in [0, 0.1) is 0 Å². The standard InChI is InChI=1S/C17H33NO2/c1-3-5-7-8-9-10-11-12-13-14-15-18-17(19)20-16-6-4-2/h4H,2-3,5-16H2,1H3,(H,18,19). The molecule has 0 atom stereocenters. The first-order valence-electron chi connectivity index (χ1n) is 8.32. The largest absolute Gasteiger partial charge is 0.449 e. The number of unbranched alkanes of at least 4 members (excludes halogenated alkanes) is 9. The molecular weight excluding hydrogens is 250 g/mol. The smallest absolute Gasteiger partial charge is 0.407 e.